The number of nitrogens with zero attached hydrogens (tertiary/aromatic N) is 1. The lowest BCUT2D eigenvalue weighted by molar-refractivity contribution is 0.508. The van der Waals surface area contributed by atoms with Gasteiger partial charge in [0.25, 0.3) is 0 Å². The SMILES string of the molecule is [c]1oc(Cc2ccccc2)c(CC2c3ccccc3-c3ccccc32)c1-c1ccccn1. The van der Waals surface area contributed by atoms with Crippen molar-refractivity contribution in [1.82, 2.24) is 4.98 Å². The van der Waals surface area contributed by atoms with Crippen LogP contribution in [0, 0.1) is 6.26 Å². The van der Waals surface area contributed by atoms with E-state index in [-0.39, 0.29) is 5.92 Å². The second kappa shape index (κ2) is 7.97. The number of benzene rings is 3. The second-order valence-electron chi connectivity index (χ2n) is 8.29. The van der Waals surface area contributed by atoms with Crippen LogP contribution in [0.2, 0.25) is 0 Å². The highest BCUT2D eigenvalue weighted by atomic mass is 16.3. The number of hydrogen-bond donors (Lipinski definition) is 0. The maximum atomic E-state index is 6.08. The first-order valence-corrected chi connectivity index (χ1v) is 11.0. The third kappa shape index (κ3) is 3.25. The molecule has 1 aliphatic rings. The summed E-state index contributed by atoms with van der Waals surface area (Å²) < 4.78 is 6.08. The average Bonchev–Trinajstić information content (AvgIpc) is 3.40. The number of fused-ring (bicyclic) bond motifs is 3. The minimum absolute atomic E-state index is 0.283. The first-order valence-electron chi connectivity index (χ1n) is 11.0. The molecule has 0 saturated heterocycles. The number of rotatable bonds is 5. The molecule has 1 radical (unpaired) electrons. The largest absolute Gasteiger partial charge is 0.456 e. The van der Waals surface area contributed by atoms with Crippen LogP contribution in [-0.2, 0) is 12.8 Å². The van der Waals surface area contributed by atoms with Gasteiger partial charge in [-0.15, -0.1) is 0 Å². The van der Waals surface area contributed by atoms with Crippen molar-refractivity contribution in [2.24, 2.45) is 0 Å². The monoisotopic (exact) mass is 412 g/mol. The molecule has 0 spiro atoms. The zero-order valence-corrected chi connectivity index (χ0v) is 17.7. The summed E-state index contributed by atoms with van der Waals surface area (Å²) in [6.07, 6.45) is 6.63. The summed E-state index contributed by atoms with van der Waals surface area (Å²) in [4.78, 5) is 4.60. The summed E-state index contributed by atoms with van der Waals surface area (Å²) in [5.74, 6) is 1.25. The molecule has 2 aromatic heterocycles. The standard InChI is InChI=1S/C30H22NO/c1-2-10-21(11-3-1)18-30-27(28(20-32-30)29-16-8-9-17-31-29)19-26-24-14-6-4-12-22(24)23-13-5-7-15-25(23)26/h1-17,26H,18-19H2. The summed E-state index contributed by atoms with van der Waals surface area (Å²) in [5.41, 5.74) is 9.75. The molecule has 32 heavy (non-hydrogen) atoms. The molecule has 2 heterocycles. The van der Waals surface area contributed by atoms with E-state index in [9.17, 15) is 0 Å². The molecule has 0 fully saturated rings. The van der Waals surface area contributed by atoms with E-state index in [0.717, 1.165) is 29.9 Å². The molecule has 0 saturated carbocycles. The smallest absolute Gasteiger partial charge is 0.179 e. The van der Waals surface area contributed by atoms with Crippen molar-refractivity contribution in [3.05, 3.63) is 138 Å². The average molecular weight is 413 g/mol. The van der Waals surface area contributed by atoms with E-state index < -0.39 is 0 Å². The van der Waals surface area contributed by atoms with Gasteiger partial charge in [0, 0.05) is 24.1 Å². The number of aromatic nitrogens is 1. The second-order valence-corrected chi connectivity index (χ2v) is 8.29. The van der Waals surface area contributed by atoms with Crippen LogP contribution in [0.5, 0.6) is 0 Å². The van der Waals surface area contributed by atoms with Gasteiger partial charge in [0.15, 0.2) is 6.26 Å². The van der Waals surface area contributed by atoms with Crippen molar-refractivity contribution < 1.29 is 4.42 Å². The van der Waals surface area contributed by atoms with Crippen LogP contribution in [-0.4, -0.2) is 4.98 Å². The Morgan fingerprint density at radius 1 is 0.719 bits per heavy atom. The highest BCUT2D eigenvalue weighted by Gasteiger charge is 2.30. The van der Waals surface area contributed by atoms with Crippen molar-refractivity contribution in [2.75, 3.05) is 0 Å². The molecule has 0 atom stereocenters. The summed E-state index contributed by atoms with van der Waals surface area (Å²) >= 11 is 0. The number of pyridine rings is 1. The Morgan fingerprint density at radius 3 is 2.06 bits per heavy atom. The molecule has 6 rings (SSSR count). The molecule has 0 N–H and O–H groups in total. The molecule has 0 amide bonds. The Labute approximate surface area is 188 Å². The van der Waals surface area contributed by atoms with Crippen molar-refractivity contribution in [1.29, 1.82) is 0 Å². The first kappa shape index (κ1) is 18.8. The van der Waals surface area contributed by atoms with E-state index in [1.54, 1.807) is 0 Å². The Balaban J connectivity index is 1.47. The van der Waals surface area contributed by atoms with E-state index in [0.29, 0.717) is 0 Å². The van der Waals surface area contributed by atoms with Gasteiger partial charge in [-0.25, -0.2) is 0 Å². The Bertz CT molecular complexity index is 1320. The van der Waals surface area contributed by atoms with Gasteiger partial charge >= 0.3 is 0 Å². The maximum Gasteiger partial charge on any atom is 0.179 e. The lowest BCUT2D eigenvalue weighted by atomic mass is 9.87. The van der Waals surface area contributed by atoms with Crippen LogP contribution in [0.3, 0.4) is 0 Å². The summed E-state index contributed by atoms with van der Waals surface area (Å²) in [6.45, 7) is 0. The van der Waals surface area contributed by atoms with Gasteiger partial charge in [0.05, 0.1) is 11.3 Å². The Hall–Kier alpha value is -3.91. The third-order valence-electron chi connectivity index (χ3n) is 6.41. The fourth-order valence-corrected chi connectivity index (χ4v) is 4.92. The highest BCUT2D eigenvalue weighted by molar-refractivity contribution is 5.79. The van der Waals surface area contributed by atoms with Gasteiger partial charge in [0.1, 0.15) is 5.76 Å². The lowest BCUT2D eigenvalue weighted by Crippen LogP contribution is -2.04. The van der Waals surface area contributed by atoms with Gasteiger partial charge in [-0.2, -0.15) is 0 Å². The van der Waals surface area contributed by atoms with E-state index in [4.69, 9.17) is 4.42 Å². The first-order chi connectivity index (χ1) is 15.9. The van der Waals surface area contributed by atoms with Gasteiger partial charge in [-0.3, -0.25) is 4.98 Å². The minimum atomic E-state index is 0.283. The van der Waals surface area contributed by atoms with E-state index in [1.807, 2.05) is 30.5 Å². The summed E-state index contributed by atoms with van der Waals surface area (Å²) in [5, 5.41) is 0. The fourth-order valence-electron chi connectivity index (χ4n) is 4.92. The Kier molecular flexibility index (Phi) is 4.69. The van der Waals surface area contributed by atoms with Gasteiger partial charge < -0.3 is 4.42 Å². The van der Waals surface area contributed by atoms with E-state index in [2.05, 4.69) is 84.0 Å². The van der Waals surface area contributed by atoms with Crippen LogP contribution in [0.1, 0.15) is 33.9 Å². The van der Waals surface area contributed by atoms with Gasteiger partial charge in [-0.05, 0) is 46.4 Å². The predicted molar refractivity (Wildman–Crippen MR) is 127 cm³/mol. The predicted octanol–water partition coefficient (Wildman–Crippen LogP) is 7.09. The Morgan fingerprint density at radius 2 is 1.38 bits per heavy atom. The zero-order valence-electron chi connectivity index (χ0n) is 17.7. The van der Waals surface area contributed by atoms with E-state index >= 15 is 0 Å². The molecule has 153 valence electrons. The lowest BCUT2D eigenvalue weighted by Gasteiger charge is -2.15. The molecule has 2 nitrogen and oxygen atoms in total. The van der Waals surface area contributed by atoms with Crippen LogP contribution >= 0.6 is 0 Å². The third-order valence-corrected chi connectivity index (χ3v) is 6.41. The number of furan rings is 1. The molecule has 0 unspecified atom stereocenters. The molecule has 3 aromatic carbocycles. The molecule has 2 heteroatoms. The summed E-state index contributed by atoms with van der Waals surface area (Å²) in [6, 6.07) is 34.0. The fraction of sp³-hybridized carbons (Fsp3) is 0.100. The quantitative estimate of drug-likeness (QED) is 0.308. The van der Waals surface area contributed by atoms with Crippen LogP contribution in [0.25, 0.3) is 22.4 Å². The van der Waals surface area contributed by atoms with Crippen molar-refractivity contribution >= 4 is 0 Å². The molecular formula is C30H22NO. The van der Waals surface area contributed by atoms with E-state index in [1.165, 1.54) is 33.4 Å². The topological polar surface area (TPSA) is 26.0 Å². The van der Waals surface area contributed by atoms with Crippen molar-refractivity contribution in [3.8, 4) is 22.4 Å². The van der Waals surface area contributed by atoms with Gasteiger partial charge in [-0.1, -0.05) is 84.9 Å². The molecular weight excluding hydrogens is 390 g/mol. The van der Waals surface area contributed by atoms with Crippen LogP contribution in [0.15, 0.2) is 108 Å². The summed E-state index contributed by atoms with van der Waals surface area (Å²) in [7, 11) is 0. The molecule has 5 aromatic rings. The molecule has 0 aliphatic heterocycles. The van der Waals surface area contributed by atoms with Crippen LogP contribution in [0.4, 0.5) is 0 Å². The normalized spacial score (nSPS) is 12.5. The zero-order chi connectivity index (χ0) is 21.3. The molecule has 1 aliphatic carbocycles. The highest BCUT2D eigenvalue weighted by Crippen LogP contribution is 2.47. The van der Waals surface area contributed by atoms with Crippen molar-refractivity contribution in [2.45, 2.75) is 18.8 Å². The van der Waals surface area contributed by atoms with Crippen LogP contribution < -0.4 is 0 Å². The number of hydrogen-bond acceptors (Lipinski definition) is 2. The van der Waals surface area contributed by atoms with Crippen molar-refractivity contribution in [3.63, 3.8) is 0 Å². The molecule has 0 bridgehead atoms. The van der Waals surface area contributed by atoms with Gasteiger partial charge in [0.2, 0.25) is 0 Å². The minimum Gasteiger partial charge on any atom is -0.456 e. The maximum absolute atomic E-state index is 6.08.